The number of anilines is 1. The van der Waals surface area contributed by atoms with Gasteiger partial charge in [-0.05, 0) is 57.4 Å². The van der Waals surface area contributed by atoms with Crippen molar-refractivity contribution in [3.63, 3.8) is 0 Å². The quantitative estimate of drug-likeness (QED) is 0.284. The molecule has 0 radical (unpaired) electrons. The van der Waals surface area contributed by atoms with Gasteiger partial charge in [-0.2, -0.15) is 8.78 Å². The lowest BCUT2D eigenvalue weighted by molar-refractivity contribution is -0.160. The maximum atomic E-state index is 15.1. The van der Waals surface area contributed by atoms with Crippen molar-refractivity contribution in [2.45, 2.75) is 58.8 Å². The van der Waals surface area contributed by atoms with E-state index in [0.29, 0.717) is 33.9 Å². The third-order valence-corrected chi connectivity index (χ3v) is 7.80. The molecule has 1 aliphatic heterocycles. The average Bonchev–Trinajstić information content (AvgIpc) is 3.25. The van der Waals surface area contributed by atoms with Crippen LogP contribution in [-0.2, 0) is 22.0 Å². The number of carboxylic acid groups (broad SMARTS) is 1. The van der Waals surface area contributed by atoms with E-state index in [-0.39, 0.29) is 5.56 Å². The lowest BCUT2D eigenvalue weighted by atomic mass is 9.91. The first-order valence-corrected chi connectivity index (χ1v) is 13.3. The topological polar surface area (TPSA) is 62.7 Å². The molecule has 0 bridgehead atoms. The van der Waals surface area contributed by atoms with Crippen molar-refractivity contribution in [1.29, 1.82) is 0 Å². The molecule has 1 aromatic heterocycles. The Hall–Kier alpha value is -3.36. The van der Waals surface area contributed by atoms with Gasteiger partial charge >= 0.3 is 5.97 Å². The zero-order valence-corrected chi connectivity index (χ0v) is 22.8. The smallest absolute Gasteiger partial charge is 0.337 e. The zero-order chi connectivity index (χ0) is 27.4. The molecule has 8 heteroatoms. The highest BCUT2D eigenvalue weighted by atomic mass is 32.1. The number of hydrogen-bond acceptors (Lipinski definition) is 5. The van der Waals surface area contributed by atoms with E-state index in [9.17, 15) is 9.90 Å². The maximum absolute atomic E-state index is 15.1. The van der Waals surface area contributed by atoms with Gasteiger partial charge in [-0.3, -0.25) is 0 Å². The number of halogens is 2. The van der Waals surface area contributed by atoms with Crippen LogP contribution in [0.3, 0.4) is 0 Å². The van der Waals surface area contributed by atoms with E-state index in [2.05, 4.69) is 0 Å². The largest absolute Gasteiger partial charge is 0.479 e. The summed E-state index contributed by atoms with van der Waals surface area (Å²) in [5.74, 6) is -4.10. The zero-order valence-electron chi connectivity index (χ0n) is 22.0. The number of hydrogen-bond donors (Lipinski definition) is 1. The highest BCUT2D eigenvalue weighted by Gasteiger charge is 2.41. The Morgan fingerprint density at radius 2 is 1.82 bits per heavy atom. The molecule has 0 spiro atoms. The van der Waals surface area contributed by atoms with E-state index in [1.165, 1.54) is 17.4 Å². The van der Waals surface area contributed by atoms with E-state index >= 15 is 8.78 Å². The van der Waals surface area contributed by atoms with Crippen molar-refractivity contribution in [1.82, 2.24) is 4.98 Å². The van der Waals surface area contributed by atoms with Gasteiger partial charge in [0.1, 0.15) is 0 Å². The molecule has 4 aromatic rings. The molecule has 0 saturated carbocycles. The molecule has 1 N–H and O–H groups in total. The van der Waals surface area contributed by atoms with Gasteiger partial charge in [-0.1, -0.05) is 65.4 Å². The number of aromatic nitrogens is 1. The van der Waals surface area contributed by atoms with Gasteiger partial charge in [0, 0.05) is 23.2 Å². The number of carbonyl (C=O) groups is 1. The van der Waals surface area contributed by atoms with Crippen LogP contribution >= 0.6 is 11.3 Å². The molecule has 0 fully saturated rings. The number of rotatable bonds is 5. The van der Waals surface area contributed by atoms with Crippen LogP contribution in [0, 0.1) is 13.8 Å². The minimum absolute atomic E-state index is 0.0551. The number of ether oxygens (including phenoxy) is 1. The molecule has 0 aliphatic carbocycles. The number of carboxylic acids is 1. The van der Waals surface area contributed by atoms with Gasteiger partial charge in [0.05, 0.1) is 22.4 Å². The monoisotopic (exact) mass is 536 g/mol. The predicted molar refractivity (Wildman–Crippen MR) is 147 cm³/mol. The Kier molecular flexibility index (Phi) is 6.52. The van der Waals surface area contributed by atoms with E-state index in [4.69, 9.17) is 9.72 Å². The van der Waals surface area contributed by atoms with Crippen molar-refractivity contribution in [3.8, 4) is 11.1 Å². The molecule has 5 rings (SSSR count). The van der Waals surface area contributed by atoms with Crippen LogP contribution in [0.5, 0.6) is 0 Å². The van der Waals surface area contributed by atoms with E-state index in [1.54, 1.807) is 23.1 Å². The summed E-state index contributed by atoms with van der Waals surface area (Å²) >= 11 is 1.31. The molecule has 0 saturated heterocycles. The Labute approximate surface area is 224 Å². The summed E-state index contributed by atoms with van der Waals surface area (Å²) in [5, 5.41) is 10.7. The van der Waals surface area contributed by atoms with Crippen LogP contribution in [0.15, 0.2) is 54.6 Å². The minimum atomic E-state index is -3.01. The second-order valence-corrected chi connectivity index (χ2v) is 11.8. The Balaban J connectivity index is 1.72. The van der Waals surface area contributed by atoms with Crippen LogP contribution in [-0.4, -0.2) is 28.2 Å². The summed E-state index contributed by atoms with van der Waals surface area (Å²) in [7, 11) is 0. The summed E-state index contributed by atoms with van der Waals surface area (Å²) in [6.45, 7) is 9.14. The Morgan fingerprint density at radius 3 is 2.47 bits per heavy atom. The van der Waals surface area contributed by atoms with Crippen LogP contribution in [0.2, 0.25) is 0 Å². The van der Waals surface area contributed by atoms with E-state index in [0.717, 1.165) is 21.4 Å². The maximum Gasteiger partial charge on any atom is 0.337 e. The number of alkyl halides is 2. The SMILES string of the molecule is Cc1ccc(-c2c([C@H](OC(C)(C)C)C(=O)O)c(C)cc3nc(N4Cc5ccccc5C(F)(F)C4)sc23)cc1. The first-order chi connectivity index (χ1) is 17.8. The molecule has 1 aliphatic rings. The Bertz CT molecular complexity index is 1520. The van der Waals surface area contributed by atoms with Crippen molar-refractivity contribution in [2.24, 2.45) is 0 Å². The normalized spacial score (nSPS) is 15.9. The lowest BCUT2D eigenvalue weighted by Gasteiger charge is -2.34. The second kappa shape index (κ2) is 9.43. The molecule has 3 aromatic carbocycles. The van der Waals surface area contributed by atoms with Gasteiger partial charge in [0.15, 0.2) is 11.2 Å². The second-order valence-electron chi connectivity index (χ2n) is 10.9. The average molecular weight is 537 g/mol. The van der Waals surface area contributed by atoms with Crippen LogP contribution in [0.25, 0.3) is 21.3 Å². The molecular weight excluding hydrogens is 506 g/mol. The van der Waals surface area contributed by atoms with Crippen molar-refractivity contribution in [2.75, 3.05) is 11.4 Å². The molecule has 1 atom stereocenters. The highest BCUT2D eigenvalue weighted by molar-refractivity contribution is 7.22. The predicted octanol–water partition coefficient (Wildman–Crippen LogP) is 7.63. The molecule has 198 valence electrons. The fourth-order valence-corrected chi connectivity index (χ4v) is 6.13. The van der Waals surface area contributed by atoms with Gasteiger partial charge in [-0.15, -0.1) is 0 Å². The molecular formula is C30H30F2N2O3S. The van der Waals surface area contributed by atoms with Gasteiger partial charge in [0.25, 0.3) is 5.92 Å². The van der Waals surface area contributed by atoms with Crippen LogP contribution < -0.4 is 4.90 Å². The van der Waals surface area contributed by atoms with Crippen LogP contribution in [0.1, 0.15) is 54.7 Å². The third kappa shape index (κ3) is 4.90. The number of benzene rings is 3. The van der Waals surface area contributed by atoms with Crippen molar-refractivity contribution >= 4 is 32.7 Å². The van der Waals surface area contributed by atoms with Gasteiger partial charge in [0.2, 0.25) is 0 Å². The molecule has 0 unspecified atom stereocenters. The molecule has 2 heterocycles. The van der Waals surface area contributed by atoms with E-state index in [1.807, 2.05) is 65.0 Å². The number of thiazole rings is 1. The molecule has 0 amide bonds. The minimum Gasteiger partial charge on any atom is -0.479 e. The summed E-state index contributed by atoms with van der Waals surface area (Å²) < 4.78 is 37.0. The fraction of sp³-hybridized carbons (Fsp3) is 0.333. The van der Waals surface area contributed by atoms with Crippen molar-refractivity contribution in [3.05, 3.63) is 82.4 Å². The van der Waals surface area contributed by atoms with Crippen LogP contribution in [0.4, 0.5) is 13.9 Å². The first kappa shape index (κ1) is 26.3. The molecule has 5 nitrogen and oxygen atoms in total. The number of fused-ring (bicyclic) bond motifs is 2. The number of aliphatic carboxylic acids is 1. The molecule has 38 heavy (non-hydrogen) atoms. The third-order valence-electron chi connectivity index (χ3n) is 6.65. The highest BCUT2D eigenvalue weighted by Crippen LogP contribution is 2.46. The van der Waals surface area contributed by atoms with Gasteiger partial charge < -0.3 is 14.7 Å². The lowest BCUT2D eigenvalue weighted by Crippen LogP contribution is -2.40. The Morgan fingerprint density at radius 1 is 1.13 bits per heavy atom. The van der Waals surface area contributed by atoms with E-state index < -0.39 is 30.1 Å². The fourth-order valence-electron chi connectivity index (χ4n) is 5.00. The summed E-state index contributed by atoms with van der Waals surface area (Å²) in [4.78, 5) is 18.9. The first-order valence-electron chi connectivity index (χ1n) is 12.5. The summed E-state index contributed by atoms with van der Waals surface area (Å²) in [6, 6.07) is 16.3. The van der Waals surface area contributed by atoms with Crippen molar-refractivity contribution < 1.29 is 23.4 Å². The number of nitrogens with zero attached hydrogens (tertiary/aromatic N) is 2. The standard InChI is InChI=1S/C30H30F2N2O3S/c1-17-10-12-19(13-11-17)24-23(25(27(35)36)37-29(3,4)5)18(2)14-22-26(24)38-28(33-22)34-15-20-8-6-7-9-21(20)30(31,32)16-34/h6-14,25H,15-16H2,1-5H3,(H,35,36)/t25-/m0/s1. The van der Waals surface area contributed by atoms with Gasteiger partial charge in [-0.25, -0.2) is 9.78 Å². The number of aryl methyl sites for hydroxylation is 2. The summed E-state index contributed by atoms with van der Waals surface area (Å²) in [5.41, 5.74) is 4.44. The summed E-state index contributed by atoms with van der Waals surface area (Å²) in [6.07, 6.45) is -1.22.